The molecule has 0 saturated heterocycles. The van der Waals surface area contributed by atoms with Crippen LogP contribution < -0.4 is 11.1 Å². The van der Waals surface area contributed by atoms with E-state index in [1.165, 1.54) is 12.8 Å². The van der Waals surface area contributed by atoms with Gasteiger partial charge in [0.15, 0.2) is 0 Å². The van der Waals surface area contributed by atoms with Crippen molar-refractivity contribution in [2.24, 2.45) is 5.73 Å². The lowest BCUT2D eigenvalue weighted by molar-refractivity contribution is 0.289. The van der Waals surface area contributed by atoms with Crippen LogP contribution in [0.3, 0.4) is 0 Å². The van der Waals surface area contributed by atoms with Crippen molar-refractivity contribution in [3.05, 3.63) is 23.4 Å². The van der Waals surface area contributed by atoms with Gasteiger partial charge in [-0.3, -0.25) is 4.90 Å². The lowest BCUT2D eigenvalue weighted by Gasteiger charge is -2.20. The van der Waals surface area contributed by atoms with E-state index in [2.05, 4.69) is 22.1 Å². The number of nitrogens with one attached hydrogen (secondary N) is 1. The van der Waals surface area contributed by atoms with Crippen LogP contribution in [0.25, 0.3) is 0 Å². The van der Waals surface area contributed by atoms with Crippen LogP contribution >= 0.6 is 12.2 Å². The lowest BCUT2D eigenvalue weighted by Crippen LogP contribution is -2.31. The molecule has 1 fully saturated rings. The molecule has 0 spiro atoms. The molecule has 4 nitrogen and oxygen atoms in total. The van der Waals surface area contributed by atoms with Crippen LogP contribution in [-0.2, 0) is 0 Å². The van der Waals surface area contributed by atoms with Crippen LogP contribution in [0.1, 0.15) is 31.0 Å². The highest BCUT2D eigenvalue weighted by molar-refractivity contribution is 7.80. The SMILES string of the molecule is CCN(CCNc1cc(C(N)=S)cc(C)n1)C1CC1. The van der Waals surface area contributed by atoms with Gasteiger partial charge in [0.2, 0.25) is 0 Å². The molecule has 1 aromatic heterocycles. The molecule has 104 valence electrons. The topological polar surface area (TPSA) is 54.2 Å². The number of thiocarbonyl (C=S) groups is 1. The fourth-order valence-electron chi connectivity index (χ4n) is 2.27. The van der Waals surface area contributed by atoms with Crippen LogP contribution in [0.4, 0.5) is 5.82 Å². The van der Waals surface area contributed by atoms with E-state index in [4.69, 9.17) is 18.0 Å². The minimum Gasteiger partial charge on any atom is -0.389 e. The molecule has 1 aromatic rings. The van der Waals surface area contributed by atoms with Crippen LogP contribution in [0.15, 0.2) is 12.1 Å². The van der Waals surface area contributed by atoms with Gasteiger partial charge >= 0.3 is 0 Å². The van der Waals surface area contributed by atoms with Crippen LogP contribution in [0.2, 0.25) is 0 Å². The maximum Gasteiger partial charge on any atom is 0.126 e. The summed E-state index contributed by atoms with van der Waals surface area (Å²) in [5.41, 5.74) is 7.47. The third-order valence-electron chi connectivity index (χ3n) is 3.41. The van der Waals surface area contributed by atoms with E-state index in [9.17, 15) is 0 Å². The maximum atomic E-state index is 5.67. The van der Waals surface area contributed by atoms with Gasteiger partial charge in [-0.15, -0.1) is 0 Å². The normalized spacial score (nSPS) is 14.7. The van der Waals surface area contributed by atoms with Gasteiger partial charge in [-0.05, 0) is 38.4 Å². The molecular formula is C14H22N4S. The summed E-state index contributed by atoms with van der Waals surface area (Å²) in [7, 11) is 0. The Morgan fingerprint density at radius 2 is 2.26 bits per heavy atom. The van der Waals surface area contributed by atoms with E-state index in [-0.39, 0.29) is 0 Å². The molecule has 0 radical (unpaired) electrons. The van der Waals surface area contributed by atoms with E-state index in [0.29, 0.717) is 4.99 Å². The van der Waals surface area contributed by atoms with Gasteiger partial charge in [0.25, 0.3) is 0 Å². The zero-order chi connectivity index (χ0) is 13.8. The summed E-state index contributed by atoms with van der Waals surface area (Å²) in [6.45, 7) is 7.24. The molecule has 1 heterocycles. The summed E-state index contributed by atoms with van der Waals surface area (Å²) in [6, 6.07) is 4.64. The molecule has 5 heteroatoms. The van der Waals surface area contributed by atoms with Crippen LogP contribution in [-0.4, -0.2) is 40.5 Å². The first-order valence-electron chi connectivity index (χ1n) is 6.86. The van der Waals surface area contributed by atoms with E-state index in [1.807, 2.05) is 19.1 Å². The molecule has 0 aromatic carbocycles. The van der Waals surface area contributed by atoms with Crippen molar-refractivity contribution in [3.8, 4) is 0 Å². The zero-order valence-electron chi connectivity index (χ0n) is 11.6. The molecule has 3 N–H and O–H groups in total. The number of likely N-dealkylation sites (N-methyl/N-ethyl adjacent to an activating group) is 1. The van der Waals surface area contributed by atoms with Gasteiger partial charge in [0.05, 0.1) is 0 Å². The Balaban J connectivity index is 1.89. The summed E-state index contributed by atoms with van der Waals surface area (Å²) in [6.07, 6.45) is 2.70. The Hall–Kier alpha value is -1.20. The summed E-state index contributed by atoms with van der Waals surface area (Å²) in [5.74, 6) is 0.856. The molecule has 1 saturated carbocycles. The third-order valence-corrected chi connectivity index (χ3v) is 3.65. The summed E-state index contributed by atoms with van der Waals surface area (Å²) in [4.78, 5) is 7.38. The Morgan fingerprint density at radius 1 is 1.53 bits per heavy atom. The van der Waals surface area contributed by atoms with Crippen molar-refractivity contribution in [1.29, 1.82) is 0 Å². The highest BCUT2D eigenvalue weighted by Crippen LogP contribution is 2.25. The molecular weight excluding hydrogens is 256 g/mol. The second kappa shape index (κ2) is 6.30. The van der Waals surface area contributed by atoms with E-state index in [0.717, 1.165) is 42.8 Å². The summed E-state index contributed by atoms with van der Waals surface area (Å²) < 4.78 is 0. The van der Waals surface area contributed by atoms with Crippen LogP contribution in [0.5, 0.6) is 0 Å². The monoisotopic (exact) mass is 278 g/mol. The quantitative estimate of drug-likeness (QED) is 0.746. The van der Waals surface area contributed by atoms with Gasteiger partial charge in [0.1, 0.15) is 10.8 Å². The Kier molecular flexibility index (Phi) is 4.71. The molecule has 0 bridgehead atoms. The molecule has 1 aliphatic carbocycles. The molecule has 0 amide bonds. The largest absolute Gasteiger partial charge is 0.389 e. The number of pyridine rings is 1. The summed E-state index contributed by atoms with van der Waals surface area (Å²) >= 11 is 5.01. The highest BCUT2D eigenvalue weighted by Gasteiger charge is 2.27. The molecule has 19 heavy (non-hydrogen) atoms. The molecule has 0 aliphatic heterocycles. The first-order valence-corrected chi connectivity index (χ1v) is 7.27. The predicted molar refractivity (Wildman–Crippen MR) is 83.6 cm³/mol. The molecule has 1 aliphatic rings. The predicted octanol–water partition coefficient (Wildman–Crippen LogP) is 1.92. The number of rotatable bonds is 7. The van der Waals surface area contributed by atoms with Crippen LogP contribution in [0, 0.1) is 6.92 Å². The average molecular weight is 278 g/mol. The van der Waals surface area contributed by atoms with Gasteiger partial charge in [-0.1, -0.05) is 19.1 Å². The fourth-order valence-corrected chi connectivity index (χ4v) is 2.39. The van der Waals surface area contributed by atoms with E-state index < -0.39 is 0 Å². The fraction of sp³-hybridized carbons (Fsp3) is 0.571. The standard InChI is InChI=1S/C14H22N4S/c1-3-18(12-4-5-12)7-6-16-13-9-11(14(15)19)8-10(2)17-13/h8-9,12H,3-7H2,1-2H3,(H2,15,19)(H,16,17). The van der Waals surface area contributed by atoms with Crippen molar-refractivity contribution in [3.63, 3.8) is 0 Å². The number of nitrogens with zero attached hydrogens (tertiary/aromatic N) is 2. The maximum absolute atomic E-state index is 5.67. The highest BCUT2D eigenvalue weighted by atomic mass is 32.1. The number of aryl methyl sites for hydroxylation is 1. The number of anilines is 1. The van der Waals surface area contributed by atoms with Gasteiger partial charge in [0, 0.05) is 30.4 Å². The number of hydrogen-bond acceptors (Lipinski definition) is 4. The van der Waals surface area contributed by atoms with Gasteiger partial charge < -0.3 is 11.1 Å². The third kappa shape index (κ3) is 4.14. The van der Waals surface area contributed by atoms with Crippen molar-refractivity contribution in [2.75, 3.05) is 25.0 Å². The summed E-state index contributed by atoms with van der Waals surface area (Å²) in [5, 5.41) is 3.36. The Labute approximate surface area is 120 Å². The first kappa shape index (κ1) is 14.2. The first-order chi connectivity index (χ1) is 9.10. The zero-order valence-corrected chi connectivity index (χ0v) is 12.5. The van der Waals surface area contributed by atoms with E-state index >= 15 is 0 Å². The molecule has 0 atom stereocenters. The Bertz CT molecular complexity index is 457. The second-order valence-corrected chi connectivity index (χ2v) is 5.47. The van der Waals surface area contributed by atoms with Crippen molar-refractivity contribution in [1.82, 2.24) is 9.88 Å². The number of nitrogens with two attached hydrogens (primary N) is 1. The van der Waals surface area contributed by atoms with Crippen molar-refractivity contribution < 1.29 is 0 Å². The van der Waals surface area contributed by atoms with Crippen molar-refractivity contribution >= 4 is 23.0 Å². The van der Waals surface area contributed by atoms with Gasteiger partial charge in [-0.2, -0.15) is 0 Å². The molecule has 0 unspecified atom stereocenters. The second-order valence-electron chi connectivity index (χ2n) is 5.03. The van der Waals surface area contributed by atoms with Crippen molar-refractivity contribution in [2.45, 2.75) is 32.7 Å². The van der Waals surface area contributed by atoms with Gasteiger partial charge in [-0.25, -0.2) is 4.98 Å². The molecule has 2 rings (SSSR count). The minimum absolute atomic E-state index is 0.418. The van der Waals surface area contributed by atoms with E-state index in [1.54, 1.807) is 0 Å². The smallest absolute Gasteiger partial charge is 0.126 e. The number of aromatic nitrogens is 1. The number of hydrogen-bond donors (Lipinski definition) is 2. The average Bonchev–Trinajstić information content (AvgIpc) is 3.18. The minimum atomic E-state index is 0.418. The lowest BCUT2D eigenvalue weighted by atomic mass is 10.2. The Morgan fingerprint density at radius 3 is 2.84 bits per heavy atom.